The molecule has 6 heteroatoms. The molecule has 0 unspecified atom stereocenters. The molecule has 3 rings (SSSR count). The number of methoxy groups -OCH3 is 2. The second kappa shape index (κ2) is 6.31. The highest BCUT2D eigenvalue weighted by atomic mass is 16.5. The molecule has 0 aliphatic rings. The van der Waals surface area contributed by atoms with Gasteiger partial charge in [0.15, 0.2) is 0 Å². The van der Waals surface area contributed by atoms with Crippen molar-refractivity contribution in [2.75, 3.05) is 14.2 Å². The quantitative estimate of drug-likeness (QED) is 0.750. The van der Waals surface area contributed by atoms with Crippen molar-refractivity contribution in [3.8, 4) is 5.75 Å². The molecule has 0 atom stereocenters. The van der Waals surface area contributed by atoms with Gasteiger partial charge in [0.2, 0.25) is 0 Å². The summed E-state index contributed by atoms with van der Waals surface area (Å²) in [4.78, 5) is 16.1. The third-order valence-electron chi connectivity index (χ3n) is 3.42. The van der Waals surface area contributed by atoms with Gasteiger partial charge in [-0.25, -0.2) is 4.79 Å². The molecule has 0 aliphatic heterocycles. The van der Waals surface area contributed by atoms with Crippen LogP contribution in [-0.4, -0.2) is 35.4 Å². The van der Waals surface area contributed by atoms with Crippen LogP contribution in [0, 0.1) is 0 Å². The number of hydrogen-bond acceptors (Lipinski definition) is 5. The van der Waals surface area contributed by atoms with Gasteiger partial charge in [-0.05, 0) is 36.4 Å². The van der Waals surface area contributed by atoms with Crippen molar-refractivity contribution in [2.45, 2.75) is 0 Å². The van der Waals surface area contributed by atoms with Crippen LogP contribution < -0.4 is 4.74 Å². The Kier molecular flexibility index (Phi) is 4.05. The summed E-state index contributed by atoms with van der Waals surface area (Å²) in [6.45, 7) is 0. The second-order valence-electron chi connectivity index (χ2n) is 4.76. The van der Waals surface area contributed by atoms with Gasteiger partial charge in [-0.1, -0.05) is 6.07 Å². The Morgan fingerprint density at radius 2 is 2.04 bits per heavy atom. The minimum Gasteiger partial charge on any atom is -0.495 e. The van der Waals surface area contributed by atoms with Crippen molar-refractivity contribution in [1.82, 2.24) is 15.2 Å². The minimum absolute atomic E-state index is 0.358. The van der Waals surface area contributed by atoms with Crippen LogP contribution in [0.5, 0.6) is 5.75 Å². The third kappa shape index (κ3) is 2.78. The number of rotatable bonds is 4. The van der Waals surface area contributed by atoms with Crippen LogP contribution in [0.15, 0.2) is 36.5 Å². The van der Waals surface area contributed by atoms with Gasteiger partial charge >= 0.3 is 5.97 Å². The van der Waals surface area contributed by atoms with Crippen LogP contribution in [0.3, 0.4) is 0 Å². The molecule has 2 heterocycles. The first-order valence-electron chi connectivity index (χ1n) is 6.97. The molecule has 0 spiro atoms. The third-order valence-corrected chi connectivity index (χ3v) is 3.42. The monoisotopic (exact) mass is 309 g/mol. The molecule has 1 aromatic carbocycles. The maximum Gasteiger partial charge on any atom is 0.341 e. The van der Waals surface area contributed by atoms with Crippen molar-refractivity contribution >= 4 is 29.0 Å². The summed E-state index contributed by atoms with van der Waals surface area (Å²) in [7, 11) is 2.85. The summed E-state index contributed by atoms with van der Waals surface area (Å²) in [5.74, 6) is -0.0200. The molecule has 3 aromatic rings. The van der Waals surface area contributed by atoms with E-state index in [9.17, 15) is 4.79 Å². The lowest BCUT2D eigenvalue weighted by atomic mass is 10.1. The van der Waals surface area contributed by atoms with Crippen LogP contribution in [0.25, 0.3) is 23.1 Å². The molecule has 6 nitrogen and oxygen atoms in total. The smallest absolute Gasteiger partial charge is 0.341 e. The van der Waals surface area contributed by atoms with Crippen LogP contribution in [0.4, 0.5) is 0 Å². The average molecular weight is 309 g/mol. The molecule has 0 saturated heterocycles. The van der Waals surface area contributed by atoms with Gasteiger partial charge in [-0.3, -0.25) is 10.1 Å². The van der Waals surface area contributed by atoms with Gasteiger partial charge < -0.3 is 9.47 Å². The predicted molar refractivity (Wildman–Crippen MR) is 87.2 cm³/mol. The topological polar surface area (TPSA) is 77.1 Å². The van der Waals surface area contributed by atoms with Crippen molar-refractivity contribution in [3.63, 3.8) is 0 Å². The first-order chi connectivity index (χ1) is 11.2. The molecule has 0 fully saturated rings. The fraction of sp³-hybridized carbons (Fsp3) is 0.118. The maximum atomic E-state index is 11.9. The van der Waals surface area contributed by atoms with E-state index < -0.39 is 5.97 Å². The Morgan fingerprint density at radius 3 is 2.74 bits per heavy atom. The zero-order valence-electron chi connectivity index (χ0n) is 12.7. The Bertz CT molecular complexity index is 869. The maximum absolute atomic E-state index is 11.9. The summed E-state index contributed by atoms with van der Waals surface area (Å²) in [5.41, 5.74) is 2.61. The normalized spacial score (nSPS) is 11.0. The molecule has 116 valence electrons. The highest BCUT2D eigenvalue weighted by Crippen LogP contribution is 2.32. The largest absolute Gasteiger partial charge is 0.495 e. The minimum atomic E-state index is -0.454. The molecule has 23 heavy (non-hydrogen) atoms. The molecule has 0 aliphatic carbocycles. The number of nitrogens with one attached hydrogen (secondary N) is 1. The number of carbonyl (C=O) groups excluding carboxylic acids is 1. The zero-order chi connectivity index (χ0) is 16.2. The molecule has 0 radical (unpaired) electrons. The number of nitrogens with zero attached hydrogens (tertiary/aromatic N) is 2. The van der Waals surface area contributed by atoms with Gasteiger partial charge in [0, 0.05) is 6.20 Å². The number of ether oxygens (including phenoxy) is 2. The first kappa shape index (κ1) is 14.8. The lowest BCUT2D eigenvalue weighted by Crippen LogP contribution is -2.04. The SMILES string of the molecule is COC(=O)c1ccc2n[nH]c(C=Cc3ccccn3)c2c1OC. The fourth-order valence-corrected chi connectivity index (χ4v) is 2.35. The van der Waals surface area contributed by atoms with E-state index in [1.54, 1.807) is 18.3 Å². The highest BCUT2D eigenvalue weighted by Gasteiger charge is 2.19. The summed E-state index contributed by atoms with van der Waals surface area (Å²) >= 11 is 0. The van der Waals surface area contributed by atoms with E-state index in [0.29, 0.717) is 16.8 Å². The van der Waals surface area contributed by atoms with E-state index in [2.05, 4.69) is 15.2 Å². The Hall–Kier alpha value is -3.15. The van der Waals surface area contributed by atoms with Crippen LogP contribution in [-0.2, 0) is 4.74 Å². The zero-order valence-corrected chi connectivity index (χ0v) is 12.7. The summed E-state index contributed by atoms with van der Waals surface area (Å²) < 4.78 is 10.2. The number of esters is 1. The van der Waals surface area contributed by atoms with Crippen LogP contribution >= 0.6 is 0 Å². The van der Waals surface area contributed by atoms with E-state index in [1.165, 1.54) is 14.2 Å². The van der Waals surface area contributed by atoms with Gasteiger partial charge in [0.1, 0.15) is 11.3 Å². The number of aromatic amines is 1. The first-order valence-corrected chi connectivity index (χ1v) is 6.97. The fourth-order valence-electron chi connectivity index (χ4n) is 2.35. The van der Waals surface area contributed by atoms with Gasteiger partial charge in [-0.2, -0.15) is 5.10 Å². The number of benzene rings is 1. The van der Waals surface area contributed by atoms with E-state index in [-0.39, 0.29) is 0 Å². The second-order valence-corrected chi connectivity index (χ2v) is 4.76. The lowest BCUT2D eigenvalue weighted by Gasteiger charge is -2.08. The summed E-state index contributed by atoms with van der Waals surface area (Å²) in [6.07, 6.45) is 5.43. The van der Waals surface area contributed by atoms with Gasteiger partial charge in [-0.15, -0.1) is 0 Å². The number of H-pyrrole nitrogens is 1. The Morgan fingerprint density at radius 1 is 1.17 bits per heavy atom. The molecule has 0 bridgehead atoms. The molecule has 0 amide bonds. The van der Waals surface area contributed by atoms with Crippen LogP contribution in [0.2, 0.25) is 0 Å². The molecular formula is C17H15N3O3. The molecular weight excluding hydrogens is 294 g/mol. The predicted octanol–water partition coefficient (Wildman–Crippen LogP) is 2.92. The van der Waals surface area contributed by atoms with Crippen molar-refractivity contribution in [1.29, 1.82) is 0 Å². The van der Waals surface area contributed by atoms with Crippen molar-refractivity contribution in [2.24, 2.45) is 0 Å². The van der Waals surface area contributed by atoms with Gasteiger partial charge in [0.25, 0.3) is 0 Å². The summed E-state index contributed by atoms with van der Waals surface area (Å²) in [6, 6.07) is 9.05. The Balaban J connectivity index is 2.11. The van der Waals surface area contributed by atoms with Crippen molar-refractivity contribution < 1.29 is 14.3 Å². The van der Waals surface area contributed by atoms with E-state index in [0.717, 1.165) is 16.8 Å². The van der Waals surface area contributed by atoms with Crippen molar-refractivity contribution in [3.05, 3.63) is 53.5 Å². The number of pyridine rings is 1. The van der Waals surface area contributed by atoms with Crippen LogP contribution in [0.1, 0.15) is 21.7 Å². The lowest BCUT2D eigenvalue weighted by molar-refractivity contribution is 0.0597. The number of aromatic nitrogens is 3. The van der Waals surface area contributed by atoms with E-state index in [4.69, 9.17) is 9.47 Å². The Labute approximate surface area is 132 Å². The highest BCUT2D eigenvalue weighted by molar-refractivity contribution is 6.03. The standard InChI is InChI=1S/C17H15N3O3/c1-22-16-12(17(21)23-2)7-9-14-15(16)13(19-20-14)8-6-11-5-3-4-10-18-11/h3-10H,1-2H3,(H,19,20). The molecule has 1 N–H and O–H groups in total. The summed E-state index contributed by atoms with van der Waals surface area (Å²) in [5, 5.41) is 7.91. The number of carbonyl (C=O) groups is 1. The van der Waals surface area contributed by atoms with Gasteiger partial charge in [0.05, 0.1) is 36.5 Å². The van der Waals surface area contributed by atoms with E-state index >= 15 is 0 Å². The average Bonchev–Trinajstić information content (AvgIpc) is 3.02. The number of fused-ring (bicyclic) bond motifs is 1. The molecule has 0 saturated carbocycles. The number of hydrogen-bond donors (Lipinski definition) is 1. The molecule has 2 aromatic heterocycles. The van der Waals surface area contributed by atoms with E-state index in [1.807, 2.05) is 30.4 Å².